The maximum Gasteiger partial charge on any atom is 0.180 e. The summed E-state index contributed by atoms with van der Waals surface area (Å²) in [6, 6.07) is 0. The highest BCUT2D eigenvalue weighted by Crippen LogP contribution is 2.09. The van der Waals surface area contributed by atoms with E-state index in [1.807, 2.05) is 6.92 Å². The Kier molecular flexibility index (Phi) is 5.99. The van der Waals surface area contributed by atoms with Gasteiger partial charge in [-0.15, -0.1) is 0 Å². The number of aliphatic hydroxyl groups is 1. The zero-order valence-electron chi connectivity index (χ0n) is 8.49. The van der Waals surface area contributed by atoms with E-state index in [2.05, 4.69) is 6.58 Å². The lowest BCUT2D eigenvalue weighted by Gasteiger charge is -2.13. The molecular formula is C10H18N2O2. The Hall–Kier alpha value is -1.00. The highest BCUT2D eigenvalue weighted by molar-refractivity contribution is 6.42. The van der Waals surface area contributed by atoms with Crippen LogP contribution in [0.25, 0.3) is 0 Å². The molecule has 4 nitrogen and oxygen atoms in total. The van der Waals surface area contributed by atoms with E-state index in [0.29, 0.717) is 19.3 Å². The van der Waals surface area contributed by atoms with Crippen molar-refractivity contribution in [2.75, 3.05) is 0 Å². The quantitative estimate of drug-likeness (QED) is 0.418. The van der Waals surface area contributed by atoms with Gasteiger partial charge in [-0.1, -0.05) is 13.5 Å². The summed E-state index contributed by atoms with van der Waals surface area (Å²) in [4.78, 5) is 11.1. The lowest BCUT2D eigenvalue weighted by Crippen LogP contribution is -2.27. The minimum Gasteiger partial charge on any atom is -0.379 e. The second-order valence-electron chi connectivity index (χ2n) is 3.40. The Morgan fingerprint density at radius 3 is 2.71 bits per heavy atom. The highest BCUT2D eigenvalue weighted by atomic mass is 16.3. The van der Waals surface area contributed by atoms with E-state index < -0.39 is 6.23 Å². The molecule has 4 heteroatoms. The van der Waals surface area contributed by atoms with Gasteiger partial charge in [0.05, 0.1) is 5.71 Å². The van der Waals surface area contributed by atoms with Gasteiger partial charge in [0.25, 0.3) is 0 Å². The molecule has 0 aromatic carbocycles. The molecule has 0 radical (unpaired) electrons. The molecule has 14 heavy (non-hydrogen) atoms. The number of aliphatic hydroxyl groups excluding tert-OH is 1. The predicted octanol–water partition coefficient (Wildman–Crippen LogP) is 0.845. The third-order valence-corrected chi connectivity index (χ3v) is 2.15. The van der Waals surface area contributed by atoms with E-state index in [0.717, 1.165) is 0 Å². The van der Waals surface area contributed by atoms with Crippen molar-refractivity contribution in [3.05, 3.63) is 12.7 Å². The molecule has 0 heterocycles. The van der Waals surface area contributed by atoms with E-state index >= 15 is 0 Å². The predicted molar refractivity (Wildman–Crippen MR) is 56.1 cm³/mol. The van der Waals surface area contributed by atoms with Crippen LogP contribution in [0.3, 0.4) is 0 Å². The number of Topliss-reactive ketones (excluding diaryl/α,β-unsaturated/α-hetero) is 1. The summed E-state index contributed by atoms with van der Waals surface area (Å²) < 4.78 is 0. The van der Waals surface area contributed by atoms with Crippen LogP contribution in [0.15, 0.2) is 12.7 Å². The third-order valence-electron chi connectivity index (χ3n) is 2.15. The summed E-state index contributed by atoms with van der Waals surface area (Å²) in [7, 11) is 0. The van der Waals surface area contributed by atoms with Crippen LogP contribution in [0.1, 0.15) is 26.2 Å². The molecule has 0 rings (SSSR count). The van der Waals surface area contributed by atoms with Crippen LogP contribution in [0.2, 0.25) is 0 Å². The van der Waals surface area contributed by atoms with E-state index in [9.17, 15) is 4.79 Å². The maximum atomic E-state index is 11.1. The van der Waals surface area contributed by atoms with Gasteiger partial charge in [0, 0.05) is 6.42 Å². The Labute approximate surface area is 84.3 Å². The molecule has 0 fully saturated rings. The first-order valence-electron chi connectivity index (χ1n) is 4.67. The SMILES string of the molecule is C=CC(=N)C(=O)CCCC(C)C(N)O. The van der Waals surface area contributed by atoms with Gasteiger partial charge in [0.1, 0.15) is 6.23 Å². The Bertz CT molecular complexity index is 224. The highest BCUT2D eigenvalue weighted by Gasteiger charge is 2.11. The molecular weight excluding hydrogens is 180 g/mol. The summed E-state index contributed by atoms with van der Waals surface area (Å²) in [5, 5.41) is 16.1. The molecule has 0 amide bonds. The molecule has 0 saturated heterocycles. The van der Waals surface area contributed by atoms with Crippen molar-refractivity contribution in [3.8, 4) is 0 Å². The van der Waals surface area contributed by atoms with Crippen molar-refractivity contribution in [2.24, 2.45) is 11.7 Å². The zero-order valence-corrected chi connectivity index (χ0v) is 8.49. The van der Waals surface area contributed by atoms with E-state index in [1.54, 1.807) is 0 Å². The number of allylic oxidation sites excluding steroid dienone is 1. The van der Waals surface area contributed by atoms with Crippen LogP contribution in [-0.2, 0) is 4.79 Å². The number of hydrogen-bond acceptors (Lipinski definition) is 4. The van der Waals surface area contributed by atoms with Crippen molar-refractivity contribution < 1.29 is 9.90 Å². The molecule has 0 aliphatic heterocycles. The van der Waals surface area contributed by atoms with Gasteiger partial charge in [-0.05, 0) is 24.8 Å². The topological polar surface area (TPSA) is 87.2 Å². The molecule has 2 atom stereocenters. The van der Waals surface area contributed by atoms with Gasteiger partial charge in [-0.25, -0.2) is 0 Å². The summed E-state index contributed by atoms with van der Waals surface area (Å²) in [5.41, 5.74) is 5.20. The fourth-order valence-corrected chi connectivity index (χ4v) is 1.00. The fourth-order valence-electron chi connectivity index (χ4n) is 1.00. The molecule has 80 valence electrons. The zero-order chi connectivity index (χ0) is 11.1. The van der Waals surface area contributed by atoms with Crippen LogP contribution in [0.5, 0.6) is 0 Å². The van der Waals surface area contributed by atoms with Crippen molar-refractivity contribution in [1.82, 2.24) is 0 Å². The molecule has 2 unspecified atom stereocenters. The third kappa shape index (κ3) is 4.89. The van der Waals surface area contributed by atoms with Crippen molar-refractivity contribution in [1.29, 1.82) is 5.41 Å². The molecule has 0 aliphatic carbocycles. The first-order valence-corrected chi connectivity index (χ1v) is 4.67. The van der Waals surface area contributed by atoms with Gasteiger partial charge in [0.2, 0.25) is 0 Å². The summed E-state index contributed by atoms with van der Waals surface area (Å²) in [5.74, 6) is -0.223. The van der Waals surface area contributed by atoms with Crippen molar-refractivity contribution >= 4 is 11.5 Å². The van der Waals surface area contributed by atoms with Gasteiger partial charge in [-0.3, -0.25) is 10.2 Å². The lowest BCUT2D eigenvalue weighted by molar-refractivity contribution is -0.113. The minimum atomic E-state index is -0.830. The lowest BCUT2D eigenvalue weighted by atomic mass is 10.0. The molecule has 0 aromatic rings. The number of rotatable bonds is 7. The van der Waals surface area contributed by atoms with Gasteiger partial charge < -0.3 is 10.8 Å². The molecule has 0 spiro atoms. The average Bonchev–Trinajstić information content (AvgIpc) is 2.15. The monoisotopic (exact) mass is 198 g/mol. The Morgan fingerprint density at radius 1 is 1.71 bits per heavy atom. The van der Waals surface area contributed by atoms with E-state index in [-0.39, 0.29) is 17.4 Å². The summed E-state index contributed by atoms with van der Waals surface area (Å²) >= 11 is 0. The second-order valence-corrected chi connectivity index (χ2v) is 3.40. The Balaban J connectivity index is 3.69. The van der Waals surface area contributed by atoms with Crippen LogP contribution in [0, 0.1) is 11.3 Å². The smallest absolute Gasteiger partial charge is 0.180 e. The number of hydrogen-bond donors (Lipinski definition) is 3. The normalized spacial score (nSPS) is 14.5. The van der Waals surface area contributed by atoms with Crippen LogP contribution >= 0.6 is 0 Å². The molecule has 0 saturated carbocycles. The Morgan fingerprint density at radius 2 is 2.29 bits per heavy atom. The number of nitrogens with one attached hydrogen (secondary N) is 1. The molecule has 0 aromatic heterocycles. The second kappa shape index (κ2) is 6.45. The first kappa shape index (κ1) is 13.0. The van der Waals surface area contributed by atoms with Gasteiger partial charge in [-0.2, -0.15) is 0 Å². The first-order chi connectivity index (χ1) is 6.49. The minimum absolute atomic E-state index is 0.0132. The van der Waals surface area contributed by atoms with Crippen molar-refractivity contribution in [3.63, 3.8) is 0 Å². The van der Waals surface area contributed by atoms with Gasteiger partial charge >= 0.3 is 0 Å². The average molecular weight is 198 g/mol. The number of carbonyl (C=O) groups is 1. The maximum absolute atomic E-state index is 11.1. The van der Waals surface area contributed by atoms with Crippen LogP contribution in [0.4, 0.5) is 0 Å². The summed E-state index contributed by atoms with van der Waals surface area (Å²) in [6.45, 7) is 5.18. The van der Waals surface area contributed by atoms with Crippen LogP contribution in [-0.4, -0.2) is 22.8 Å². The number of ketones is 1. The van der Waals surface area contributed by atoms with E-state index in [1.165, 1.54) is 6.08 Å². The van der Waals surface area contributed by atoms with Crippen molar-refractivity contribution in [2.45, 2.75) is 32.4 Å². The molecule has 4 N–H and O–H groups in total. The largest absolute Gasteiger partial charge is 0.379 e. The van der Waals surface area contributed by atoms with Crippen LogP contribution < -0.4 is 5.73 Å². The number of carbonyl (C=O) groups excluding carboxylic acids is 1. The molecule has 0 bridgehead atoms. The van der Waals surface area contributed by atoms with E-state index in [4.69, 9.17) is 16.2 Å². The molecule has 0 aliphatic rings. The standard InChI is InChI=1S/C10H18N2O2/c1-3-8(11)9(13)6-4-5-7(2)10(12)14/h3,7,10-11,14H,1,4-6,12H2,2H3. The number of nitrogens with two attached hydrogens (primary N) is 1. The fraction of sp³-hybridized carbons (Fsp3) is 0.600. The summed E-state index contributed by atoms with van der Waals surface area (Å²) in [6.07, 6.45) is 2.06. The van der Waals surface area contributed by atoms with Gasteiger partial charge in [0.15, 0.2) is 5.78 Å².